The Morgan fingerprint density at radius 3 is 2.57 bits per heavy atom. The fourth-order valence-corrected chi connectivity index (χ4v) is 3.65. The summed E-state index contributed by atoms with van der Waals surface area (Å²) in [5, 5.41) is 4.95. The van der Waals surface area contributed by atoms with E-state index in [9.17, 15) is 18.0 Å². The average molecular weight is 429 g/mol. The highest BCUT2D eigenvalue weighted by atomic mass is 32.2. The first-order chi connectivity index (χ1) is 14.4. The third-order valence-electron chi connectivity index (χ3n) is 3.93. The van der Waals surface area contributed by atoms with Crippen molar-refractivity contribution >= 4 is 33.2 Å². The number of hydrogen-bond donors (Lipinski definition) is 3. The summed E-state index contributed by atoms with van der Waals surface area (Å²) in [4.78, 5) is 23.8. The zero-order chi connectivity index (χ0) is 21.6. The smallest absolute Gasteiger partial charge is 0.287 e. The molecular formula is C20H19N3O6S. The van der Waals surface area contributed by atoms with Gasteiger partial charge in [-0.25, -0.2) is 8.42 Å². The molecule has 0 saturated carbocycles. The van der Waals surface area contributed by atoms with Gasteiger partial charge < -0.3 is 19.8 Å². The van der Waals surface area contributed by atoms with E-state index in [2.05, 4.69) is 15.4 Å². The average Bonchev–Trinajstić information content (AvgIpc) is 3.27. The maximum atomic E-state index is 12.7. The van der Waals surface area contributed by atoms with Crippen LogP contribution in [-0.2, 0) is 14.8 Å². The van der Waals surface area contributed by atoms with Crippen molar-refractivity contribution in [3.63, 3.8) is 0 Å². The molecule has 0 aliphatic heterocycles. The van der Waals surface area contributed by atoms with Crippen LogP contribution in [0, 0.1) is 0 Å². The van der Waals surface area contributed by atoms with Gasteiger partial charge in [0, 0.05) is 5.69 Å². The molecule has 1 heterocycles. The monoisotopic (exact) mass is 429 g/mol. The van der Waals surface area contributed by atoms with Crippen molar-refractivity contribution in [1.82, 2.24) is 5.32 Å². The Morgan fingerprint density at radius 2 is 1.83 bits per heavy atom. The Labute approximate surface area is 173 Å². The Morgan fingerprint density at radius 1 is 1.03 bits per heavy atom. The van der Waals surface area contributed by atoms with Crippen molar-refractivity contribution in [2.45, 2.75) is 4.90 Å². The van der Waals surface area contributed by atoms with Crippen LogP contribution in [0.1, 0.15) is 10.6 Å². The summed E-state index contributed by atoms with van der Waals surface area (Å²) in [7, 11) is -2.48. The predicted octanol–water partition coefficient (Wildman–Crippen LogP) is 2.46. The van der Waals surface area contributed by atoms with E-state index in [-0.39, 0.29) is 28.6 Å². The molecule has 0 aliphatic carbocycles. The van der Waals surface area contributed by atoms with Gasteiger partial charge in [0.25, 0.3) is 15.9 Å². The molecular weight excluding hydrogens is 410 g/mol. The van der Waals surface area contributed by atoms with Crippen LogP contribution < -0.4 is 20.1 Å². The zero-order valence-electron chi connectivity index (χ0n) is 15.9. The number of amides is 2. The van der Waals surface area contributed by atoms with Crippen LogP contribution in [0.4, 0.5) is 11.4 Å². The molecule has 3 aromatic rings. The lowest BCUT2D eigenvalue weighted by Crippen LogP contribution is -2.32. The molecule has 0 aliphatic rings. The molecule has 0 spiro atoms. The van der Waals surface area contributed by atoms with Crippen LogP contribution in [0.25, 0.3) is 0 Å². The topological polar surface area (TPSA) is 127 Å². The number of benzene rings is 2. The Bertz CT molecular complexity index is 1140. The number of para-hydroxylation sites is 2. The van der Waals surface area contributed by atoms with Crippen molar-refractivity contribution in [2.24, 2.45) is 0 Å². The van der Waals surface area contributed by atoms with E-state index >= 15 is 0 Å². The Balaban J connectivity index is 1.66. The van der Waals surface area contributed by atoms with Gasteiger partial charge in [-0.2, -0.15) is 0 Å². The highest BCUT2D eigenvalue weighted by Crippen LogP contribution is 2.26. The summed E-state index contributed by atoms with van der Waals surface area (Å²) in [5.41, 5.74) is 0.547. The van der Waals surface area contributed by atoms with Crippen LogP contribution in [0.3, 0.4) is 0 Å². The van der Waals surface area contributed by atoms with E-state index < -0.39 is 21.8 Å². The van der Waals surface area contributed by atoms with E-state index in [1.165, 1.54) is 43.7 Å². The van der Waals surface area contributed by atoms with E-state index in [1.807, 2.05) is 0 Å². The van der Waals surface area contributed by atoms with Gasteiger partial charge in [-0.3, -0.25) is 14.3 Å². The minimum Gasteiger partial charge on any atom is -0.495 e. The number of sulfonamides is 1. The van der Waals surface area contributed by atoms with Crippen LogP contribution >= 0.6 is 0 Å². The third-order valence-corrected chi connectivity index (χ3v) is 5.30. The molecule has 0 bridgehead atoms. The Kier molecular flexibility index (Phi) is 6.38. The van der Waals surface area contributed by atoms with Crippen molar-refractivity contribution in [3.8, 4) is 5.75 Å². The number of anilines is 2. The predicted molar refractivity (Wildman–Crippen MR) is 110 cm³/mol. The number of rotatable bonds is 8. The minimum absolute atomic E-state index is 0.0502. The highest BCUT2D eigenvalue weighted by Gasteiger charge is 2.17. The van der Waals surface area contributed by atoms with Gasteiger partial charge in [0.1, 0.15) is 5.75 Å². The number of furan rings is 1. The van der Waals surface area contributed by atoms with Crippen LogP contribution in [0.5, 0.6) is 5.75 Å². The standard InChI is InChI=1S/C20H19N3O6S/c1-28-17-9-3-2-8-16(17)23-30(26,27)15-7-4-6-14(12-15)22-19(24)13-21-20(25)18-10-5-11-29-18/h2-12,23H,13H2,1H3,(H,21,25)(H,22,24). The second kappa shape index (κ2) is 9.14. The summed E-state index contributed by atoms with van der Waals surface area (Å²) < 4.78 is 38.0. The number of carbonyl (C=O) groups excluding carboxylic acids is 2. The fraction of sp³-hybridized carbons (Fsp3) is 0.100. The lowest BCUT2D eigenvalue weighted by Gasteiger charge is -2.12. The first-order valence-corrected chi connectivity index (χ1v) is 10.2. The summed E-state index contributed by atoms with van der Waals surface area (Å²) in [5.74, 6) is -0.606. The molecule has 3 rings (SSSR count). The van der Waals surface area contributed by atoms with E-state index in [0.29, 0.717) is 5.75 Å². The molecule has 0 atom stereocenters. The Hall–Kier alpha value is -3.79. The van der Waals surface area contributed by atoms with Crippen LogP contribution in [-0.4, -0.2) is 33.9 Å². The van der Waals surface area contributed by atoms with E-state index in [0.717, 1.165) is 0 Å². The second-order valence-electron chi connectivity index (χ2n) is 6.04. The molecule has 156 valence electrons. The SMILES string of the molecule is COc1ccccc1NS(=O)(=O)c1cccc(NC(=O)CNC(=O)c2ccco2)c1. The molecule has 0 saturated heterocycles. The molecule has 0 fully saturated rings. The van der Waals surface area contributed by atoms with Gasteiger partial charge in [0.05, 0.1) is 30.5 Å². The first-order valence-electron chi connectivity index (χ1n) is 8.76. The fourth-order valence-electron chi connectivity index (χ4n) is 2.53. The lowest BCUT2D eigenvalue weighted by molar-refractivity contribution is -0.115. The van der Waals surface area contributed by atoms with Crippen LogP contribution in [0.2, 0.25) is 0 Å². The normalized spacial score (nSPS) is 10.8. The van der Waals surface area contributed by atoms with Gasteiger partial charge in [-0.15, -0.1) is 0 Å². The zero-order valence-corrected chi connectivity index (χ0v) is 16.7. The number of ether oxygens (including phenoxy) is 1. The molecule has 10 heteroatoms. The molecule has 3 N–H and O–H groups in total. The number of carbonyl (C=O) groups is 2. The van der Waals surface area contributed by atoms with Crippen molar-refractivity contribution in [2.75, 3.05) is 23.7 Å². The first kappa shape index (κ1) is 20.9. The van der Waals surface area contributed by atoms with Crippen molar-refractivity contribution in [1.29, 1.82) is 0 Å². The largest absolute Gasteiger partial charge is 0.495 e. The maximum Gasteiger partial charge on any atom is 0.287 e. The maximum absolute atomic E-state index is 12.7. The van der Waals surface area contributed by atoms with Gasteiger partial charge in [-0.1, -0.05) is 18.2 Å². The number of hydrogen-bond acceptors (Lipinski definition) is 6. The van der Waals surface area contributed by atoms with Gasteiger partial charge in [0.2, 0.25) is 5.91 Å². The molecule has 0 radical (unpaired) electrons. The summed E-state index contributed by atoms with van der Waals surface area (Å²) in [6.45, 7) is -0.310. The van der Waals surface area contributed by atoms with E-state index in [1.54, 1.807) is 30.3 Å². The molecule has 30 heavy (non-hydrogen) atoms. The third kappa shape index (κ3) is 5.17. The molecule has 1 aromatic heterocycles. The molecule has 2 aromatic carbocycles. The highest BCUT2D eigenvalue weighted by molar-refractivity contribution is 7.92. The number of nitrogens with one attached hydrogen (secondary N) is 3. The summed E-state index contributed by atoms with van der Waals surface area (Å²) in [6, 6.07) is 15.4. The van der Waals surface area contributed by atoms with Gasteiger partial charge >= 0.3 is 0 Å². The molecule has 0 unspecified atom stereocenters. The second-order valence-corrected chi connectivity index (χ2v) is 7.72. The minimum atomic E-state index is -3.92. The molecule has 2 amide bonds. The summed E-state index contributed by atoms with van der Waals surface area (Å²) >= 11 is 0. The van der Waals surface area contributed by atoms with Gasteiger partial charge in [0.15, 0.2) is 5.76 Å². The van der Waals surface area contributed by atoms with Gasteiger partial charge in [-0.05, 0) is 42.5 Å². The summed E-state index contributed by atoms with van der Waals surface area (Å²) in [6.07, 6.45) is 1.35. The molecule has 9 nitrogen and oxygen atoms in total. The lowest BCUT2D eigenvalue weighted by atomic mass is 10.3. The van der Waals surface area contributed by atoms with Crippen molar-refractivity contribution in [3.05, 3.63) is 72.7 Å². The van der Waals surface area contributed by atoms with Crippen LogP contribution in [0.15, 0.2) is 76.2 Å². The quantitative estimate of drug-likeness (QED) is 0.505. The van der Waals surface area contributed by atoms with E-state index in [4.69, 9.17) is 9.15 Å². The van der Waals surface area contributed by atoms with Crippen molar-refractivity contribution < 1.29 is 27.2 Å². The number of methoxy groups -OCH3 is 1.